The summed E-state index contributed by atoms with van der Waals surface area (Å²) in [5, 5.41) is 0. The fourth-order valence-corrected chi connectivity index (χ4v) is 2.12. The summed E-state index contributed by atoms with van der Waals surface area (Å²) in [6.45, 7) is 3.25. The van der Waals surface area contributed by atoms with Crippen LogP contribution in [0.5, 0.6) is 0 Å². The van der Waals surface area contributed by atoms with Gasteiger partial charge in [0, 0.05) is 12.6 Å². The van der Waals surface area contributed by atoms with Gasteiger partial charge in [0.2, 0.25) is 5.91 Å². The van der Waals surface area contributed by atoms with Gasteiger partial charge in [-0.3, -0.25) is 9.69 Å². The van der Waals surface area contributed by atoms with Crippen LogP contribution >= 0.6 is 0 Å². The van der Waals surface area contributed by atoms with Gasteiger partial charge in [0.15, 0.2) is 0 Å². The monoisotopic (exact) mass is 267 g/mol. The predicted molar refractivity (Wildman–Crippen MR) is 73.9 cm³/mol. The molecule has 5 heteroatoms. The molecular formula is C14H22FN3O. The number of benzene rings is 1. The topological polar surface area (TPSA) is 72.3 Å². The van der Waals surface area contributed by atoms with E-state index in [1.807, 2.05) is 11.0 Å². The number of nitrogens with two attached hydrogens (primary N) is 2. The van der Waals surface area contributed by atoms with Crippen molar-refractivity contribution in [2.45, 2.75) is 25.8 Å². The van der Waals surface area contributed by atoms with Crippen LogP contribution in [0.2, 0.25) is 0 Å². The number of hydrogen-bond donors (Lipinski definition) is 2. The Labute approximate surface area is 113 Å². The molecule has 4 nitrogen and oxygen atoms in total. The van der Waals surface area contributed by atoms with Crippen molar-refractivity contribution >= 4 is 5.91 Å². The highest BCUT2D eigenvalue weighted by molar-refractivity contribution is 5.76. The predicted octanol–water partition coefficient (Wildman–Crippen LogP) is 1.41. The first-order valence-corrected chi connectivity index (χ1v) is 6.56. The van der Waals surface area contributed by atoms with E-state index >= 15 is 0 Å². The van der Waals surface area contributed by atoms with Crippen molar-refractivity contribution in [3.05, 3.63) is 35.6 Å². The molecule has 0 aliphatic carbocycles. The number of halogens is 1. The molecule has 0 heterocycles. The van der Waals surface area contributed by atoms with Crippen LogP contribution in [-0.4, -0.2) is 30.4 Å². The van der Waals surface area contributed by atoms with Crippen LogP contribution in [0.1, 0.15) is 31.4 Å². The molecule has 0 aromatic heterocycles. The van der Waals surface area contributed by atoms with Crippen LogP contribution in [0.4, 0.5) is 4.39 Å². The molecule has 0 fully saturated rings. The highest BCUT2D eigenvalue weighted by Crippen LogP contribution is 2.20. The van der Waals surface area contributed by atoms with Gasteiger partial charge in [0.1, 0.15) is 5.82 Å². The van der Waals surface area contributed by atoms with Crippen LogP contribution in [0.25, 0.3) is 0 Å². The van der Waals surface area contributed by atoms with E-state index in [0.29, 0.717) is 6.54 Å². The Morgan fingerprint density at radius 1 is 1.47 bits per heavy atom. The molecule has 4 N–H and O–H groups in total. The second kappa shape index (κ2) is 7.86. The molecule has 1 amide bonds. The van der Waals surface area contributed by atoms with Crippen molar-refractivity contribution in [1.82, 2.24) is 4.90 Å². The Hall–Kier alpha value is -1.46. The fourth-order valence-electron chi connectivity index (χ4n) is 2.12. The third kappa shape index (κ3) is 4.96. The second-order valence-corrected chi connectivity index (χ2v) is 4.60. The zero-order chi connectivity index (χ0) is 14.3. The molecule has 0 aliphatic heterocycles. The zero-order valence-electron chi connectivity index (χ0n) is 11.3. The first-order valence-electron chi connectivity index (χ1n) is 6.56. The van der Waals surface area contributed by atoms with E-state index in [1.54, 1.807) is 6.07 Å². The van der Waals surface area contributed by atoms with E-state index in [4.69, 9.17) is 11.5 Å². The Kier molecular flexibility index (Phi) is 6.45. The van der Waals surface area contributed by atoms with Gasteiger partial charge in [-0.25, -0.2) is 4.39 Å². The molecule has 19 heavy (non-hydrogen) atoms. The van der Waals surface area contributed by atoms with E-state index in [0.717, 1.165) is 24.9 Å². The molecule has 0 aliphatic rings. The lowest BCUT2D eigenvalue weighted by molar-refractivity contribution is -0.119. The lowest BCUT2D eigenvalue weighted by atomic mass is 10.0. The maximum Gasteiger partial charge on any atom is 0.231 e. The summed E-state index contributed by atoms with van der Waals surface area (Å²) in [6, 6.07) is 6.13. The fraction of sp³-hybridized carbons (Fsp3) is 0.500. The number of amides is 1. The summed E-state index contributed by atoms with van der Waals surface area (Å²) < 4.78 is 13.3. The van der Waals surface area contributed by atoms with Crippen molar-refractivity contribution in [3.8, 4) is 0 Å². The molecule has 0 bridgehead atoms. The Bertz CT molecular complexity index is 411. The smallest absolute Gasteiger partial charge is 0.231 e. The average Bonchev–Trinajstić information content (AvgIpc) is 2.36. The summed E-state index contributed by atoms with van der Waals surface area (Å²) in [4.78, 5) is 13.1. The van der Waals surface area contributed by atoms with Crippen molar-refractivity contribution in [2.24, 2.45) is 11.5 Å². The van der Waals surface area contributed by atoms with Crippen LogP contribution in [0.15, 0.2) is 24.3 Å². The number of primary amides is 1. The maximum absolute atomic E-state index is 13.3. The molecule has 1 aromatic carbocycles. The number of unbranched alkanes of at least 4 members (excludes halogenated alkanes) is 1. The van der Waals surface area contributed by atoms with E-state index in [-0.39, 0.29) is 18.4 Å². The van der Waals surface area contributed by atoms with Gasteiger partial charge >= 0.3 is 0 Å². The number of nitrogens with zero attached hydrogens (tertiary/aromatic N) is 1. The summed E-state index contributed by atoms with van der Waals surface area (Å²) in [7, 11) is 0. The minimum atomic E-state index is -0.397. The average molecular weight is 267 g/mol. The molecule has 1 unspecified atom stereocenters. The minimum Gasteiger partial charge on any atom is -0.369 e. The van der Waals surface area contributed by atoms with Crippen LogP contribution < -0.4 is 11.5 Å². The Morgan fingerprint density at radius 2 is 2.21 bits per heavy atom. The lowest BCUT2D eigenvalue weighted by Gasteiger charge is -2.30. The van der Waals surface area contributed by atoms with Crippen LogP contribution in [0.3, 0.4) is 0 Å². The molecule has 0 spiro atoms. The van der Waals surface area contributed by atoms with Crippen LogP contribution in [-0.2, 0) is 4.79 Å². The van der Waals surface area contributed by atoms with E-state index < -0.39 is 5.91 Å². The molecule has 0 saturated heterocycles. The first kappa shape index (κ1) is 15.6. The maximum atomic E-state index is 13.3. The van der Waals surface area contributed by atoms with Crippen molar-refractivity contribution < 1.29 is 9.18 Å². The number of carbonyl (C=O) groups is 1. The van der Waals surface area contributed by atoms with E-state index in [9.17, 15) is 9.18 Å². The van der Waals surface area contributed by atoms with Gasteiger partial charge in [-0.05, 0) is 30.7 Å². The van der Waals surface area contributed by atoms with Crippen molar-refractivity contribution in [1.29, 1.82) is 0 Å². The Balaban J connectivity index is 2.90. The summed E-state index contributed by atoms with van der Waals surface area (Å²) in [6.07, 6.45) is 1.95. The summed E-state index contributed by atoms with van der Waals surface area (Å²) in [5.74, 6) is -0.698. The van der Waals surface area contributed by atoms with E-state index in [1.165, 1.54) is 12.1 Å². The van der Waals surface area contributed by atoms with Gasteiger partial charge in [0.25, 0.3) is 0 Å². The molecular weight excluding hydrogens is 245 g/mol. The SMILES string of the molecule is CCCCN(CC(N)=O)C(CN)c1cccc(F)c1. The standard InChI is InChI=1S/C14H22FN3O/c1-2-3-7-18(10-14(17)19)13(9-16)11-5-4-6-12(15)8-11/h4-6,8,13H,2-3,7,9-10,16H2,1H3,(H2,17,19). The van der Waals surface area contributed by atoms with E-state index in [2.05, 4.69) is 6.92 Å². The zero-order valence-corrected chi connectivity index (χ0v) is 11.3. The number of carbonyl (C=O) groups excluding carboxylic acids is 1. The summed E-state index contributed by atoms with van der Waals surface area (Å²) >= 11 is 0. The van der Waals surface area contributed by atoms with Gasteiger partial charge < -0.3 is 11.5 Å². The van der Waals surface area contributed by atoms with Gasteiger partial charge in [0.05, 0.1) is 6.54 Å². The number of rotatable bonds is 8. The largest absolute Gasteiger partial charge is 0.369 e. The molecule has 0 radical (unpaired) electrons. The van der Waals surface area contributed by atoms with Gasteiger partial charge in [-0.2, -0.15) is 0 Å². The van der Waals surface area contributed by atoms with Crippen molar-refractivity contribution in [2.75, 3.05) is 19.6 Å². The molecule has 0 saturated carbocycles. The van der Waals surface area contributed by atoms with Gasteiger partial charge in [-0.1, -0.05) is 25.5 Å². The second-order valence-electron chi connectivity index (χ2n) is 4.60. The third-order valence-electron chi connectivity index (χ3n) is 3.06. The first-order chi connectivity index (χ1) is 9.08. The lowest BCUT2D eigenvalue weighted by Crippen LogP contribution is -2.40. The van der Waals surface area contributed by atoms with Gasteiger partial charge in [-0.15, -0.1) is 0 Å². The molecule has 1 aromatic rings. The minimum absolute atomic E-state index is 0.137. The van der Waals surface area contributed by atoms with Crippen molar-refractivity contribution in [3.63, 3.8) is 0 Å². The summed E-state index contributed by atoms with van der Waals surface area (Å²) in [5.41, 5.74) is 11.8. The van der Waals surface area contributed by atoms with Crippen LogP contribution in [0, 0.1) is 5.82 Å². The third-order valence-corrected chi connectivity index (χ3v) is 3.06. The number of hydrogen-bond acceptors (Lipinski definition) is 3. The highest BCUT2D eigenvalue weighted by Gasteiger charge is 2.20. The molecule has 106 valence electrons. The normalized spacial score (nSPS) is 12.6. The quantitative estimate of drug-likeness (QED) is 0.748. The highest BCUT2D eigenvalue weighted by atomic mass is 19.1. The molecule has 1 atom stereocenters. The molecule has 1 rings (SSSR count). The Morgan fingerprint density at radius 3 is 2.74 bits per heavy atom.